The average molecular weight is 188 g/mol. The first-order chi connectivity index (χ1) is 6.11. The van der Waals surface area contributed by atoms with E-state index >= 15 is 0 Å². The first-order valence-corrected chi connectivity index (χ1v) is 4.32. The second-order valence-electron chi connectivity index (χ2n) is 2.76. The van der Waals surface area contributed by atoms with Gasteiger partial charge in [0.05, 0.1) is 0 Å². The van der Waals surface area contributed by atoms with Gasteiger partial charge in [0, 0.05) is 7.05 Å². The highest BCUT2D eigenvalue weighted by Gasteiger charge is 2.17. The lowest BCUT2D eigenvalue weighted by molar-refractivity contribution is -0.122. The van der Waals surface area contributed by atoms with Crippen molar-refractivity contribution in [1.29, 1.82) is 0 Å². The third kappa shape index (κ3) is 5.05. The summed E-state index contributed by atoms with van der Waals surface area (Å²) in [6.45, 7) is 1.99. The molecule has 1 atom stereocenters. The molecule has 0 aliphatic heterocycles. The number of nitrogens with one attached hydrogen (secondary N) is 2. The smallest absolute Gasteiger partial charge is 0.405 e. The maximum atomic E-state index is 11.1. The molecule has 0 aromatic carbocycles. The lowest BCUT2D eigenvalue weighted by atomic mass is 10.1. The van der Waals surface area contributed by atoms with E-state index in [-0.39, 0.29) is 5.91 Å². The molecule has 0 aliphatic carbocycles. The van der Waals surface area contributed by atoms with Crippen LogP contribution < -0.4 is 10.6 Å². The number of likely N-dealkylation sites (N-methyl/N-ethyl adjacent to an activating group) is 1. The predicted octanol–water partition coefficient (Wildman–Crippen LogP) is 0.559. The number of amides is 2. The SMILES string of the molecule is CCCC[C@H](NC(=O)O)C(=O)NC. The summed E-state index contributed by atoms with van der Waals surface area (Å²) in [7, 11) is 1.49. The molecule has 0 heterocycles. The lowest BCUT2D eigenvalue weighted by Gasteiger charge is -2.14. The molecular formula is C8H16N2O3. The first kappa shape index (κ1) is 11.7. The van der Waals surface area contributed by atoms with Crippen LogP contribution in [0.2, 0.25) is 0 Å². The monoisotopic (exact) mass is 188 g/mol. The quantitative estimate of drug-likeness (QED) is 0.589. The highest BCUT2D eigenvalue weighted by atomic mass is 16.4. The third-order valence-electron chi connectivity index (χ3n) is 1.71. The Bertz CT molecular complexity index is 182. The van der Waals surface area contributed by atoms with Crippen molar-refractivity contribution in [3.63, 3.8) is 0 Å². The molecule has 0 aliphatic rings. The Balaban J connectivity index is 4.02. The molecule has 0 aromatic heterocycles. The largest absolute Gasteiger partial charge is 0.465 e. The molecule has 0 saturated heterocycles. The van der Waals surface area contributed by atoms with Crippen LogP contribution >= 0.6 is 0 Å². The molecule has 0 rings (SSSR count). The minimum absolute atomic E-state index is 0.282. The van der Waals surface area contributed by atoms with Crippen molar-refractivity contribution in [3.05, 3.63) is 0 Å². The zero-order chi connectivity index (χ0) is 10.3. The Labute approximate surface area is 77.5 Å². The number of hydrogen-bond acceptors (Lipinski definition) is 2. The van der Waals surface area contributed by atoms with Crippen LogP contribution in [0.15, 0.2) is 0 Å². The van der Waals surface area contributed by atoms with Crippen molar-refractivity contribution in [3.8, 4) is 0 Å². The third-order valence-corrected chi connectivity index (χ3v) is 1.71. The van der Waals surface area contributed by atoms with E-state index in [2.05, 4.69) is 10.6 Å². The minimum atomic E-state index is -1.16. The molecule has 0 aromatic rings. The van der Waals surface area contributed by atoms with Gasteiger partial charge in [-0.1, -0.05) is 19.8 Å². The molecule has 0 saturated carbocycles. The Morgan fingerprint density at radius 1 is 1.46 bits per heavy atom. The maximum absolute atomic E-state index is 11.1. The van der Waals surface area contributed by atoms with Crippen molar-refractivity contribution in [2.75, 3.05) is 7.05 Å². The summed E-state index contributed by atoms with van der Waals surface area (Å²) in [5.41, 5.74) is 0. The van der Waals surface area contributed by atoms with E-state index in [9.17, 15) is 9.59 Å². The van der Waals surface area contributed by atoms with E-state index in [1.165, 1.54) is 7.05 Å². The summed E-state index contributed by atoms with van der Waals surface area (Å²) in [4.78, 5) is 21.4. The second kappa shape index (κ2) is 6.28. The van der Waals surface area contributed by atoms with Crippen molar-refractivity contribution in [1.82, 2.24) is 10.6 Å². The first-order valence-electron chi connectivity index (χ1n) is 4.32. The zero-order valence-electron chi connectivity index (χ0n) is 7.96. The van der Waals surface area contributed by atoms with E-state index in [0.29, 0.717) is 6.42 Å². The summed E-state index contributed by atoms with van der Waals surface area (Å²) in [5.74, 6) is -0.282. The Morgan fingerprint density at radius 3 is 2.46 bits per heavy atom. The Morgan fingerprint density at radius 2 is 2.08 bits per heavy atom. The van der Waals surface area contributed by atoms with Crippen LogP contribution in [0.4, 0.5) is 4.79 Å². The predicted molar refractivity (Wildman–Crippen MR) is 48.5 cm³/mol. The number of carbonyl (C=O) groups is 2. The van der Waals surface area contributed by atoms with Gasteiger partial charge in [0.25, 0.3) is 0 Å². The van der Waals surface area contributed by atoms with Crippen molar-refractivity contribution >= 4 is 12.0 Å². The fraction of sp³-hybridized carbons (Fsp3) is 0.750. The van der Waals surface area contributed by atoms with Crippen LogP contribution in [0.3, 0.4) is 0 Å². The van der Waals surface area contributed by atoms with Gasteiger partial charge in [0.15, 0.2) is 0 Å². The fourth-order valence-corrected chi connectivity index (χ4v) is 1.00. The summed E-state index contributed by atoms with van der Waals surface area (Å²) < 4.78 is 0. The zero-order valence-corrected chi connectivity index (χ0v) is 7.96. The number of carboxylic acid groups (broad SMARTS) is 1. The normalized spacial score (nSPS) is 11.8. The molecule has 0 unspecified atom stereocenters. The van der Waals surface area contributed by atoms with Gasteiger partial charge >= 0.3 is 6.09 Å². The van der Waals surface area contributed by atoms with Gasteiger partial charge in [0.2, 0.25) is 5.91 Å². The van der Waals surface area contributed by atoms with Gasteiger partial charge in [-0.2, -0.15) is 0 Å². The standard InChI is InChI=1S/C8H16N2O3/c1-3-4-5-6(7(11)9-2)10-8(12)13/h6,10H,3-5H2,1-2H3,(H,9,11)(H,12,13)/t6-/m0/s1. The molecule has 5 nitrogen and oxygen atoms in total. The Hall–Kier alpha value is -1.26. The van der Waals surface area contributed by atoms with Crippen LogP contribution in [0.25, 0.3) is 0 Å². The van der Waals surface area contributed by atoms with Crippen LogP contribution in [0.5, 0.6) is 0 Å². The van der Waals surface area contributed by atoms with E-state index in [0.717, 1.165) is 12.8 Å². The topological polar surface area (TPSA) is 78.4 Å². The van der Waals surface area contributed by atoms with E-state index in [4.69, 9.17) is 5.11 Å². The average Bonchev–Trinajstić information content (AvgIpc) is 2.10. The molecule has 0 bridgehead atoms. The second-order valence-corrected chi connectivity index (χ2v) is 2.76. The molecule has 76 valence electrons. The fourth-order valence-electron chi connectivity index (χ4n) is 1.00. The summed E-state index contributed by atoms with van der Waals surface area (Å²) in [6, 6.07) is -0.623. The van der Waals surface area contributed by atoms with Gasteiger partial charge in [-0.05, 0) is 6.42 Å². The number of carbonyl (C=O) groups excluding carboxylic acids is 1. The van der Waals surface area contributed by atoms with Crippen LogP contribution in [-0.4, -0.2) is 30.2 Å². The molecule has 2 amide bonds. The van der Waals surface area contributed by atoms with Gasteiger partial charge in [-0.15, -0.1) is 0 Å². The molecule has 0 fully saturated rings. The van der Waals surface area contributed by atoms with Gasteiger partial charge in [-0.25, -0.2) is 4.79 Å². The lowest BCUT2D eigenvalue weighted by Crippen LogP contribution is -2.45. The number of unbranched alkanes of at least 4 members (excludes halogenated alkanes) is 1. The molecule has 3 N–H and O–H groups in total. The van der Waals surface area contributed by atoms with E-state index < -0.39 is 12.1 Å². The molecule has 13 heavy (non-hydrogen) atoms. The van der Waals surface area contributed by atoms with Crippen LogP contribution in [0.1, 0.15) is 26.2 Å². The van der Waals surface area contributed by atoms with Gasteiger partial charge in [0.1, 0.15) is 6.04 Å². The van der Waals surface area contributed by atoms with Gasteiger partial charge < -0.3 is 15.7 Å². The van der Waals surface area contributed by atoms with E-state index in [1.807, 2.05) is 6.92 Å². The number of hydrogen-bond donors (Lipinski definition) is 3. The van der Waals surface area contributed by atoms with Crippen molar-refractivity contribution in [2.45, 2.75) is 32.2 Å². The van der Waals surface area contributed by atoms with Crippen molar-refractivity contribution in [2.24, 2.45) is 0 Å². The van der Waals surface area contributed by atoms with Crippen LogP contribution in [0, 0.1) is 0 Å². The summed E-state index contributed by atoms with van der Waals surface area (Å²) >= 11 is 0. The highest BCUT2D eigenvalue weighted by Crippen LogP contribution is 2.00. The highest BCUT2D eigenvalue weighted by molar-refractivity contribution is 5.84. The molecule has 0 spiro atoms. The molecular weight excluding hydrogens is 172 g/mol. The summed E-state index contributed by atoms with van der Waals surface area (Å²) in [6.07, 6.45) is 1.15. The van der Waals surface area contributed by atoms with Gasteiger partial charge in [-0.3, -0.25) is 4.79 Å². The van der Waals surface area contributed by atoms with Crippen molar-refractivity contribution < 1.29 is 14.7 Å². The summed E-state index contributed by atoms with van der Waals surface area (Å²) in [5, 5.41) is 13.0. The molecule has 5 heteroatoms. The minimum Gasteiger partial charge on any atom is -0.465 e. The van der Waals surface area contributed by atoms with Crippen LogP contribution in [-0.2, 0) is 4.79 Å². The Kier molecular flexibility index (Phi) is 5.67. The van der Waals surface area contributed by atoms with E-state index in [1.54, 1.807) is 0 Å². The number of rotatable bonds is 5. The maximum Gasteiger partial charge on any atom is 0.405 e. The molecule has 0 radical (unpaired) electrons.